The van der Waals surface area contributed by atoms with Crippen LogP contribution in [0.5, 0.6) is 11.5 Å². The van der Waals surface area contributed by atoms with Crippen molar-refractivity contribution in [1.82, 2.24) is 24.9 Å². The molecule has 0 amide bonds. The van der Waals surface area contributed by atoms with Crippen LogP contribution < -0.4 is 15.2 Å². The number of benzene rings is 1. The molecule has 5 rings (SSSR count). The van der Waals surface area contributed by atoms with E-state index >= 15 is 0 Å². The van der Waals surface area contributed by atoms with Crippen LogP contribution in [0.15, 0.2) is 29.1 Å². The predicted octanol–water partition coefficient (Wildman–Crippen LogP) is 2.26. The molecule has 0 unspecified atom stereocenters. The first kappa shape index (κ1) is 15.6. The molecular weight excluding hydrogens is 348 g/mol. The van der Waals surface area contributed by atoms with Crippen molar-refractivity contribution < 1.29 is 13.9 Å². The zero-order chi connectivity index (χ0) is 18.4. The van der Waals surface area contributed by atoms with Gasteiger partial charge >= 0.3 is 0 Å². The number of fused-ring (bicyclic) bond motifs is 2. The van der Waals surface area contributed by atoms with E-state index in [0.717, 1.165) is 16.9 Å². The number of oxazole rings is 1. The van der Waals surface area contributed by atoms with Crippen LogP contribution in [0.3, 0.4) is 0 Å². The van der Waals surface area contributed by atoms with E-state index in [1.165, 1.54) is 0 Å². The van der Waals surface area contributed by atoms with Gasteiger partial charge in [-0.2, -0.15) is 0 Å². The van der Waals surface area contributed by atoms with Gasteiger partial charge < -0.3 is 24.6 Å². The highest BCUT2D eigenvalue weighted by molar-refractivity contribution is 5.80. The number of anilines is 1. The fourth-order valence-electron chi connectivity index (χ4n) is 3.11. The Labute approximate surface area is 153 Å². The second kappa shape index (κ2) is 5.97. The third kappa shape index (κ3) is 2.73. The van der Waals surface area contributed by atoms with Crippen LogP contribution in [-0.2, 0) is 6.42 Å². The highest BCUT2D eigenvalue weighted by Gasteiger charge is 2.20. The minimum atomic E-state index is 0.360. The summed E-state index contributed by atoms with van der Waals surface area (Å²) in [7, 11) is 0. The average Bonchev–Trinajstić information content (AvgIpc) is 3.30. The Hall–Kier alpha value is -3.62. The lowest BCUT2D eigenvalue weighted by atomic mass is 10.0. The zero-order valence-corrected chi connectivity index (χ0v) is 14.5. The van der Waals surface area contributed by atoms with Crippen LogP contribution >= 0.6 is 0 Å². The quantitative estimate of drug-likeness (QED) is 0.567. The maximum absolute atomic E-state index is 6.02. The summed E-state index contributed by atoms with van der Waals surface area (Å²) >= 11 is 0. The summed E-state index contributed by atoms with van der Waals surface area (Å²) < 4.78 is 17.2. The smallest absolute Gasteiger partial charge is 0.226 e. The molecule has 1 aliphatic rings. The molecule has 0 fully saturated rings. The summed E-state index contributed by atoms with van der Waals surface area (Å²) in [6.07, 6.45) is 3.64. The van der Waals surface area contributed by atoms with Gasteiger partial charge in [-0.05, 0) is 24.6 Å². The molecule has 9 heteroatoms. The highest BCUT2D eigenvalue weighted by atomic mass is 16.6. The molecule has 9 nitrogen and oxygen atoms in total. The van der Waals surface area contributed by atoms with Gasteiger partial charge in [0.1, 0.15) is 30.3 Å². The van der Waals surface area contributed by atoms with Gasteiger partial charge in [-0.15, -0.1) is 0 Å². The van der Waals surface area contributed by atoms with E-state index in [2.05, 4.69) is 24.9 Å². The van der Waals surface area contributed by atoms with Gasteiger partial charge in [0.25, 0.3) is 0 Å². The molecule has 0 atom stereocenters. The fourth-order valence-corrected chi connectivity index (χ4v) is 3.11. The van der Waals surface area contributed by atoms with E-state index in [4.69, 9.17) is 19.6 Å². The van der Waals surface area contributed by atoms with Crippen LogP contribution in [0, 0.1) is 6.92 Å². The number of imidazole rings is 1. The third-order valence-electron chi connectivity index (χ3n) is 4.33. The van der Waals surface area contributed by atoms with Gasteiger partial charge in [-0.25, -0.2) is 19.9 Å². The molecule has 27 heavy (non-hydrogen) atoms. The Kier molecular flexibility index (Phi) is 3.46. The molecule has 0 bridgehead atoms. The normalized spacial score (nSPS) is 13.2. The van der Waals surface area contributed by atoms with Gasteiger partial charge in [0, 0.05) is 12.0 Å². The van der Waals surface area contributed by atoms with Crippen LogP contribution in [0.2, 0.25) is 0 Å². The number of hydrogen-bond donors (Lipinski definition) is 2. The average molecular weight is 364 g/mol. The highest BCUT2D eigenvalue weighted by Crippen LogP contribution is 2.38. The molecule has 0 radical (unpaired) electrons. The first-order chi connectivity index (χ1) is 13.2. The van der Waals surface area contributed by atoms with Crippen LogP contribution in [0.25, 0.3) is 22.6 Å². The summed E-state index contributed by atoms with van der Waals surface area (Å²) in [6.45, 7) is 2.86. The maximum atomic E-state index is 6.02. The number of H-pyrrole nitrogens is 1. The number of nitrogens with two attached hydrogens (primary N) is 1. The van der Waals surface area contributed by atoms with Gasteiger partial charge in [0.05, 0.1) is 12.5 Å². The summed E-state index contributed by atoms with van der Waals surface area (Å²) in [5.74, 6) is 3.49. The number of nitrogens with one attached hydrogen (secondary N) is 1. The first-order valence-corrected chi connectivity index (χ1v) is 8.48. The number of rotatable bonds is 3. The molecule has 3 aromatic heterocycles. The van der Waals surface area contributed by atoms with E-state index in [1.54, 1.807) is 12.5 Å². The van der Waals surface area contributed by atoms with Crippen molar-refractivity contribution in [1.29, 1.82) is 0 Å². The number of nitrogen functional groups attached to an aromatic ring is 1. The summed E-state index contributed by atoms with van der Waals surface area (Å²) in [5.41, 5.74) is 8.88. The van der Waals surface area contributed by atoms with Crippen molar-refractivity contribution in [2.45, 2.75) is 13.3 Å². The number of aromatic amines is 1. The monoisotopic (exact) mass is 364 g/mol. The summed E-state index contributed by atoms with van der Waals surface area (Å²) in [5, 5.41) is 0. The molecule has 136 valence electrons. The number of hydrogen-bond acceptors (Lipinski definition) is 8. The van der Waals surface area contributed by atoms with Crippen LogP contribution in [0.1, 0.15) is 17.1 Å². The predicted molar refractivity (Wildman–Crippen MR) is 96.6 cm³/mol. The topological polar surface area (TPSA) is 125 Å². The van der Waals surface area contributed by atoms with Crippen molar-refractivity contribution in [2.24, 2.45) is 0 Å². The van der Waals surface area contributed by atoms with Gasteiger partial charge in [0.15, 0.2) is 23.0 Å². The van der Waals surface area contributed by atoms with Gasteiger partial charge in [-0.3, -0.25) is 0 Å². The number of nitrogens with zero attached hydrogens (tertiary/aromatic N) is 4. The van der Waals surface area contributed by atoms with Crippen molar-refractivity contribution >= 4 is 17.0 Å². The Morgan fingerprint density at radius 3 is 2.70 bits per heavy atom. The molecule has 1 aliphatic heterocycles. The van der Waals surface area contributed by atoms with E-state index < -0.39 is 0 Å². The standard InChI is InChI=1S/C18H16N6O3/c1-9-7-20-18(27-9)11-6-13-12(25-2-3-26-13)4-10(11)5-14-23-16(19)15-17(24-14)22-8-21-15/h4,6-8H,2-3,5H2,1H3,(H3,19,21,22,23,24). The number of aromatic nitrogens is 5. The van der Waals surface area contributed by atoms with E-state index in [1.807, 2.05) is 19.1 Å². The Morgan fingerprint density at radius 1 is 1.11 bits per heavy atom. The van der Waals surface area contributed by atoms with Crippen molar-refractivity contribution in [3.05, 3.63) is 41.8 Å². The summed E-state index contributed by atoms with van der Waals surface area (Å²) in [6, 6.07) is 3.79. The maximum Gasteiger partial charge on any atom is 0.226 e. The lowest BCUT2D eigenvalue weighted by Crippen LogP contribution is -2.16. The largest absolute Gasteiger partial charge is 0.486 e. The van der Waals surface area contributed by atoms with Gasteiger partial charge in [0.2, 0.25) is 5.89 Å². The van der Waals surface area contributed by atoms with E-state index in [9.17, 15) is 0 Å². The van der Waals surface area contributed by atoms with Crippen molar-refractivity contribution in [3.63, 3.8) is 0 Å². The lowest BCUT2D eigenvalue weighted by molar-refractivity contribution is 0.171. The number of ether oxygens (including phenoxy) is 2. The molecule has 0 aliphatic carbocycles. The zero-order valence-electron chi connectivity index (χ0n) is 14.5. The lowest BCUT2D eigenvalue weighted by Gasteiger charge is -2.20. The Bertz CT molecular complexity index is 1150. The summed E-state index contributed by atoms with van der Waals surface area (Å²) in [4.78, 5) is 20.3. The molecule has 4 heterocycles. The molecule has 0 spiro atoms. The van der Waals surface area contributed by atoms with Crippen molar-refractivity contribution in [3.8, 4) is 23.0 Å². The molecule has 1 aromatic carbocycles. The Balaban J connectivity index is 1.62. The van der Waals surface area contributed by atoms with Crippen molar-refractivity contribution in [2.75, 3.05) is 18.9 Å². The molecule has 3 N–H and O–H groups in total. The molecule has 0 saturated carbocycles. The Morgan fingerprint density at radius 2 is 1.93 bits per heavy atom. The van der Waals surface area contributed by atoms with Gasteiger partial charge in [-0.1, -0.05) is 0 Å². The fraction of sp³-hybridized carbons (Fsp3) is 0.222. The SMILES string of the molecule is Cc1cnc(-c2cc3c(cc2Cc2nc(N)c4[nH]cnc4n2)OCCO3)o1. The second-order valence-corrected chi connectivity index (χ2v) is 6.23. The molecular formula is C18H16N6O3. The minimum Gasteiger partial charge on any atom is -0.486 e. The van der Waals surface area contributed by atoms with Crippen LogP contribution in [0.4, 0.5) is 5.82 Å². The first-order valence-electron chi connectivity index (χ1n) is 8.48. The molecule has 0 saturated heterocycles. The minimum absolute atomic E-state index is 0.360. The number of aryl methyl sites for hydroxylation is 1. The van der Waals surface area contributed by atoms with E-state index in [0.29, 0.717) is 59.8 Å². The third-order valence-corrected chi connectivity index (χ3v) is 4.33. The van der Waals surface area contributed by atoms with E-state index in [-0.39, 0.29) is 0 Å². The second-order valence-electron chi connectivity index (χ2n) is 6.23. The van der Waals surface area contributed by atoms with Crippen LogP contribution in [-0.4, -0.2) is 38.1 Å². The molecule has 4 aromatic rings.